The molecule has 0 radical (unpaired) electrons. The summed E-state index contributed by atoms with van der Waals surface area (Å²) in [4.78, 5) is 11.0. The van der Waals surface area contributed by atoms with Crippen molar-refractivity contribution in [2.75, 3.05) is 44.6 Å². The van der Waals surface area contributed by atoms with Gasteiger partial charge in [-0.3, -0.25) is 4.40 Å². The molecule has 0 saturated carbocycles. The minimum absolute atomic E-state index is 0.625. The zero-order chi connectivity index (χ0) is 16.2. The highest BCUT2D eigenvalue weighted by Gasteiger charge is 2.13. The number of benzene rings is 1. The van der Waals surface area contributed by atoms with Crippen LogP contribution in [0.25, 0.3) is 16.9 Å². The van der Waals surface area contributed by atoms with Crippen molar-refractivity contribution in [2.45, 2.75) is 0 Å². The Hall–Kier alpha value is -2.60. The van der Waals surface area contributed by atoms with Gasteiger partial charge < -0.3 is 15.0 Å². The first-order valence-corrected chi connectivity index (χ1v) is 7.54. The first kappa shape index (κ1) is 15.3. The van der Waals surface area contributed by atoms with E-state index >= 15 is 0 Å². The molecule has 0 aliphatic carbocycles. The van der Waals surface area contributed by atoms with Gasteiger partial charge in [0.2, 0.25) is 0 Å². The third-order valence-electron chi connectivity index (χ3n) is 3.69. The minimum atomic E-state index is 0.625. The maximum absolute atomic E-state index is 5.07. The van der Waals surface area contributed by atoms with Crippen LogP contribution in [0.2, 0.25) is 0 Å². The summed E-state index contributed by atoms with van der Waals surface area (Å²) in [5, 5.41) is 3.26. The van der Waals surface area contributed by atoms with E-state index in [9.17, 15) is 0 Å². The number of methoxy groups -OCH3 is 1. The van der Waals surface area contributed by atoms with Crippen LogP contribution in [0.3, 0.4) is 0 Å². The van der Waals surface area contributed by atoms with E-state index in [1.54, 1.807) is 13.3 Å². The molecule has 2 aromatic heterocycles. The maximum atomic E-state index is 5.07. The van der Waals surface area contributed by atoms with E-state index in [1.165, 1.54) is 0 Å². The van der Waals surface area contributed by atoms with Gasteiger partial charge in [-0.05, 0) is 6.07 Å². The number of hydrogen-bond donors (Lipinski definition) is 1. The number of para-hydroxylation sites is 1. The summed E-state index contributed by atoms with van der Waals surface area (Å²) in [7, 11) is 5.77. The monoisotopic (exact) mass is 311 g/mol. The van der Waals surface area contributed by atoms with Gasteiger partial charge >= 0.3 is 0 Å². The molecule has 6 nitrogen and oxygen atoms in total. The van der Waals surface area contributed by atoms with E-state index in [4.69, 9.17) is 4.74 Å². The molecular formula is C17H21N5O. The van der Waals surface area contributed by atoms with E-state index in [0.717, 1.165) is 28.4 Å². The molecule has 3 aromatic rings. The Morgan fingerprint density at radius 1 is 1.22 bits per heavy atom. The lowest BCUT2D eigenvalue weighted by molar-refractivity contribution is 0.210. The lowest BCUT2D eigenvalue weighted by Gasteiger charge is -2.17. The number of nitrogens with zero attached hydrogens (tertiary/aromatic N) is 4. The Balaban J connectivity index is 2.05. The summed E-state index contributed by atoms with van der Waals surface area (Å²) < 4.78 is 7.13. The second kappa shape index (κ2) is 6.66. The molecule has 0 saturated heterocycles. The van der Waals surface area contributed by atoms with E-state index in [2.05, 4.69) is 36.7 Å². The Labute approximate surface area is 135 Å². The summed E-state index contributed by atoms with van der Waals surface area (Å²) in [6, 6.07) is 8.30. The number of rotatable bonds is 6. The van der Waals surface area contributed by atoms with Crippen molar-refractivity contribution >= 4 is 17.2 Å². The van der Waals surface area contributed by atoms with Crippen molar-refractivity contribution in [3.8, 4) is 11.3 Å². The molecule has 1 aromatic carbocycles. The largest absolute Gasteiger partial charge is 0.383 e. The molecule has 2 heterocycles. The normalized spacial score (nSPS) is 10.9. The fourth-order valence-corrected chi connectivity index (χ4v) is 2.59. The maximum Gasteiger partial charge on any atom is 0.180 e. The summed E-state index contributed by atoms with van der Waals surface area (Å²) >= 11 is 0. The van der Waals surface area contributed by atoms with Crippen molar-refractivity contribution in [1.82, 2.24) is 14.4 Å². The van der Waals surface area contributed by atoms with E-state index in [1.807, 2.05) is 38.6 Å². The standard InChI is InChI=1S/C17H21N5O/c1-21(2)14-7-5-4-6-13(14)15-12-20-17-16(19-9-11-23-3)18-8-10-22(15)17/h4-8,10,12H,9,11H2,1-3H3,(H,18,19). The lowest BCUT2D eigenvalue weighted by Crippen LogP contribution is -2.11. The van der Waals surface area contributed by atoms with Crippen LogP contribution < -0.4 is 10.2 Å². The zero-order valence-corrected chi connectivity index (χ0v) is 13.7. The summed E-state index contributed by atoms with van der Waals surface area (Å²) in [5.74, 6) is 0.762. The van der Waals surface area contributed by atoms with Gasteiger partial charge in [-0.1, -0.05) is 18.2 Å². The SMILES string of the molecule is COCCNc1nccn2c(-c3ccccc3N(C)C)cnc12. The molecule has 0 aliphatic rings. The average Bonchev–Trinajstić information content (AvgIpc) is 3.00. The van der Waals surface area contributed by atoms with Crippen molar-refractivity contribution in [3.05, 3.63) is 42.9 Å². The lowest BCUT2D eigenvalue weighted by atomic mass is 10.1. The number of imidazole rings is 1. The highest BCUT2D eigenvalue weighted by molar-refractivity contribution is 5.79. The van der Waals surface area contributed by atoms with Gasteiger partial charge in [0.25, 0.3) is 0 Å². The number of nitrogens with one attached hydrogen (secondary N) is 1. The third-order valence-corrected chi connectivity index (χ3v) is 3.69. The first-order chi connectivity index (χ1) is 11.2. The van der Waals surface area contributed by atoms with Gasteiger partial charge in [0.15, 0.2) is 11.5 Å². The summed E-state index contributed by atoms with van der Waals surface area (Å²) in [5.41, 5.74) is 4.15. The second-order valence-electron chi connectivity index (χ2n) is 5.44. The van der Waals surface area contributed by atoms with E-state index in [0.29, 0.717) is 13.2 Å². The number of hydrogen-bond acceptors (Lipinski definition) is 5. The van der Waals surface area contributed by atoms with E-state index in [-0.39, 0.29) is 0 Å². The Kier molecular flexibility index (Phi) is 4.43. The van der Waals surface area contributed by atoms with Crippen LogP contribution in [-0.4, -0.2) is 48.7 Å². The zero-order valence-electron chi connectivity index (χ0n) is 13.7. The molecule has 0 fully saturated rings. The molecule has 0 aliphatic heterocycles. The molecule has 0 spiro atoms. The van der Waals surface area contributed by atoms with Crippen molar-refractivity contribution < 1.29 is 4.74 Å². The minimum Gasteiger partial charge on any atom is -0.383 e. The van der Waals surface area contributed by atoms with Crippen LogP contribution in [0.15, 0.2) is 42.9 Å². The highest BCUT2D eigenvalue weighted by Crippen LogP contribution is 2.30. The number of ether oxygens (including phenoxy) is 1. The molecule has 0 unspecified atom stereocenters. The van der Waals surface area contributed by atoms with Crippen molar-refractivity contribution in [1.29, 1.82) is 0 Å². The quantitative estimate of drug-likeness (QED) is 0.709. The molecule has 1 N–H and O–H groups in total. The van der Waals surface area contributed by atoms with Crippen molar-refractivity contribution in [2.24, 2.45) is 0 Å². The fraction of sp³-hybridized carbons (Fsp3) is 0.294. The number of fused-ring (bicyclic) bond motifs is 1. The molecule has 6 heteroatoms. The van der Waals surface area contributed by atoms with Gasteiger partial charge in [-0.25, -0.2) is 9.97 Å². The Morgan fingerprint density at radius 2 is 2.04 bits per heavy atom. The number of anilines is 2. The van der Waals surface area contributed by atoms with Crippen LogP contribution in [0.1, 0.15) is 0 Å². The van der Waals surface area contributed by atoms with Crippen LogP contribution >= 0.6 is 0 Å². The molecule has 0 bridgehead atoms. The summed E-state index contributed by atoms with van der Waals surface area (Å²) in [6.45, 7) is 1.32. The molecule has 120 valence electrons. The molecule has 0 amide bonds. The molecular weight excluding hydrogens is 290 g/mol. The molecule has 3 rings (SSSR count). The van der Waals surface area contributed by atoms with Crippen LogP contribution in [-0.2, 0) is 4.74 Å². The van der Waals surface area contributed by atoms with Crippen LogP contribution in [0.4, 0.5) is 11.5 Å². The van der Waals surface area contributed by atoms with E-state index < -0.39 is 0 Å². The fourth-order valence-electron chi connectivity index (χ4n) is 2.59. The second-order valence-corrected chi connectivity index (χ2v) is 5.44. The third kappa shape index (κ3) is 2.98. The smallest absolute Gasteiger partial charge is 0.180 e. The Bertz CT molecular complexity index is 797. The summed E-state index contributed by atoms with van der Waals surface area (Å²) in [6.07, 6.45) is 5.61. The van der Waals surface area contributed by atoms with Gasteiger partial charge in [-0.15, -0.1) is 0 Å². The van der Waals surface area contributed by atoms with Gasteiger partial charge in [0.1, 0.15) is 0 Å². The first-order valence-electron chi connectivity index (χ1n) is 7.54. The molecule has 23 heavy (non-hydrogen) atoms. The Morgan fingerprint density at radius 3 is 2.83 bits per heavy atom. The number of aromatic nitrogens is 3. The predicted molar refractivity (Wildman–Crippen MR) is 93.1 cm³/mol. The van der Waals surface area contributed by atoms with Crippen molar-refractivity contribution in [3.63, 3.8) is 0 Å². The molecule has 0 atom stereocenters. The van der Waals surface area contributed by atoms with Crippen LogP contribution in [0.5, 0.6) is 0 Å². The van der Waals surface area contributed by atoms with Gasteiger partial charge in [0.05, 0.1) is 18.5 Å². The topological polar surface area (TPSA) is 54.7 Å². The van der Waals surface area contributed by atoms with Crippen LogP contribution in [0, 0.1) is 0 Å². The predicted octanol–water partition coefficient (Wildman–Crippen LogP) is 2.52. The van der Waals surface area contributed by atoms with Gasteiger partial charge in [0, 0.05) is 51.4 Å². The van der Waals surface area contributed by atoms with Gasteiger partial charge in [-0.2, -0.15) is 0 Å². The highest BCUT2D eigenvalue weighted by atomic mass is 16.5. The average molecular weight is 311 g/mol.